The molecule has 29 heavy (non-hydrogen) atoms. The first kappa shape index (κ1) is 21.4. The standard InChI is InChI=1S/C21H33N5O3/c1-3-18-13-25(12-15(2)26(18)14-19(27)28)21(29)23-11-5-7-17-9-8-16-6-4-10-22-20(16)24-17/h8-9,15,18H,3-7,10-14H2,1-2H3,(H,22,24)(H,23,29)(H,27,28). The van der Waals surface area contributed by atoms with Crippen molar-refractivity contribution in [2.24, 2.45) is 0 Å². The lowest BCUT2D eigenvalue weighted by atomic mass is 10.0. The summed E-state index contributed by atoms with van der Waals surface area (Å²) >= 11 is 0. The van der Waals surface area contributed by atoms with Gasteiger partial charge < -0.3 is 20.6 Å². The SMILES string of the molecule is CCC1CN(C(=O)NCCCc2ccc3c(n2)NCCC3)CC(C)N1CC(=O)O. The fourth-order valence-electron chi connectivity index (χ4n) is 4.27. The van der Waals surface area contributed by atoms with Crippen LogP contribution in [0.4, 0.5) is 10.6 Å². The molecular formula is C21H33N5O3. The predicted molar refractivity (Wildman–Crippen MR) is 112 cm³/mol. The van der Waals surface area contributed by atoms with Crippen LogP contribution in [0.25, 0.3) is 0 Å². The number of urea groups is 1. The highest BCUT2D eigenvalue weighted by atomic mass is 16.4. The maximum absolute atomic E-state index is 12.6. The van der Waals surface area contributed by atoms with Crippen molar-refractivity contribution in [1.29, 1.82) is 0 Å². The van der Waals surface area contributed by atoms with E-state index in [1.807, 2.05) is 23.6 Å². The second-order valence-electron chi connectivity index (χ2n) is 8.06. The number of aliphatic carboxylic acids is 1. The van der Waals surface area contributed by atoms with Gasteiger partial charge in [-0.05, 0) is 50.7 Å². The molecule has 8 heteroatoms. The van der Waals surface area contributed by atoms with Gasteiger partial charge in [0.2, 0.25) is 0 Å². The minimum Gasteiger partial charge on any atom is -0.480 e. The van der Waals surface area contributed by atoms with Crippen molar-refractivity contribution in [1.82, 2.24) is 20.1 Å². The van der Waals surface area contributed by atoms with Crippen molar-refractivity contribution >= 4 is 17.8 Å². The largest absolute Gasteiger partial charge is 0.480 e. The summed E-state index contributed by atoms with van der Waals surface area (Å²) in [6.45, 7) is 6.75. The molecular weight excluding hydrogens is 370 g/mol. The first-order valence-corrected chi connectivity index (χ1v) is 10.7. The molecule has 1 fully saturated rings. The first-order chi connectivity index (χ1) is 14.0. The molecule has 8 nitrogen and oxygen atoms in total. The molecule has 1 aromatic heterocycles. The smallest absolute Gasteiger partial charge is 0.317 e. The second-order valence-corrected chi connectivity index (χ2v) is 8.06. The normalized spacial score (nSPS) is 21.9. The number of aromatic nitrogens is 1. The molecule has 3 N–H and O–H groups in total. The Bertz CT molecular complexity index is 726. The van der Waals surface area contributed by atoms with Crippen LogP contribution in [0.1, 0.15) is 44.4 Å². The lowest BCUT2D eigenvalue weighted by molar-refractivity contribution is -0.140. The number of hydrogen-bond donors (Lipinski definition) is 3. The number of carboxylic acids is 1. The monoisotopic (exact) mass is 403 g/mol. The van der Waals surface area contributed by atoms with E-state index in [-0.39, 0.29) is 24.7 Å². The number of carbonyl (C=O) groups is 2. The Hall–Kier alpha value is -2.35. The minimum atomic E-state index is -0.820. The van der Waals surface area contributed by atoms with Crippen LogP contribution in [0.2, 0.25) is 0 Å². The molecule has 2 amide bonds. The summed E-state index contributed by atoms with van der Waals surface area (Å²) in [5.41, 5.74) is 2.34. The third kappa shape index (κ3) is 5.59. The number of carboxylic acid groups (broad SMARTS) is 1. The molecule has 3 rings (SSSR count). The van der Waals surface area contributed by atoms with Crippen LogP contribution in [0.15, 0.2) is 12.1 Å². The molecule has 2 aliphatic rings. The summed E-state index contributed by atoms with van der Waals surface area (Å²) in [6.07, 6.45) is 4.73. The van der Waals surface area contributed by atoms with E-state index in [9.17, 15) is 9.59 Å². The van der Waals surface area contributed by atoms with Crippen LogP contribution >= 0.6 is 0 Å². The second kappa shape index (κ2) is 9.91. The molecule has 160 valence electrons. The van der Waals surface area contributed by atoms with Crippen LogP contribution in [0.5, 0.6) is 0 Å². The van der Waals surface area contributed by atoms with Gasteiger partial charge in [-0.3, -0.25) is 9.69 Å². The number of nitrogens with one attached hydrogen (secondary N) is 2. The highest BCUT2D eigenvalue weighted by molar-refractivity contribution is 5.74. The Morgan fingerprint density at radius 2 is 2.17 bits per heavy atom. The number of hydrogen-bond acceptors (Lipinski definition) is 5. The summed E-state index contributed by atoms with van der Waals surface area (Å²) in [7, 11) is 0. The zero-order valence-electron chi connectivity index (χ0n) is 17.5. The molecule has 0 aliphatic carbocycles. The molecule has 0 saturated carbocycles. The molecule has 3 heterocycles. The van der Waals surface area contributed by atoms with Crippen molar-refractivity contribution in [2.75, 3.05) is 38.0 Å². The molecule has 0 spiro atoms. The number of anilines is 1. The Balaban J connectivity index is 1.44. The van der Waals surface area contributed by atoms with Gasteiger partial charge in [0.15, 0.2) is 0 Å². The van der Waals surface area contributed by atoms with E-state index in [2.05, 4.69) is 22.8 Å². The van der Waals surface area contributed by atoms with E-state index in [4.69, 9.17) is 10.1 Å². The minimum absolute atomic E-state index is 0.0256. The van der Waals surface area contributed by atoms with Crippen molar-refractivity contribution in [3.8, 4) is 0 Å². The van der Waals surface area contributed by atoms with Gasteiger partial charge in [0.05, 0.1) is 6.54 Å². The number of aryl methyl sites for hydroxylation is 2. The van der Waals surface area contributed by atoms with Gasteiger partial charge in [0, 0.05) is 44.0 Å². The van der Waals surface area contributed by atoms with Gasteiger partial charge >= 0.3 is 12.0 Å². The number of fused-ring (bicyclic) bond motifs is 1. The van der Waals surface area contributed by atoms with Crippen molar-refractivity contribution in [3.05, 3.63) is 23.4 Å². The number of pyridine rings is 1. The van der Waals surface area contributed by atoms with E-state index < -0.39 is 5.97 Å². The van der Waals surface area contributed by atoms with Gasteiger partial charge in [-0.2, -0.15) is 0 Å². The molecule has 1 aromatic rings. The van der Waals surface area contributed by atoms with E-state index in [1.165, 1.54) is 5.56 Å². The lowest BCUT2D eigenvalue weighted by Crippen LogP contribution is -2.61. The average molecular weight is 404 g/mol. The Morgan fingerprint density at radius 3 is 2.93 bits per heavy atom. The first-order valence-electron chi connectivity index (χ1n) is 10.7. The number of amides is 2. The lowest BCUT2D eigenvalue weighted by Gasteiger charge is -2.44. The van der Waals surface area contributed by atoms with Crippen LogP contribution < -0.4 is 10.6 Å². The fourth-order valence-corrected chi connectivity index (χ4v) is 4.27. The Labute approximate surface area is 172 Å². The number of rotatable bonds is 7. The third-order valence-electron chi connectivity index (χ3n) is 5.86. The van der Waals surface area contributed by atoms with Gasteiger partial charge in [-0.25, -0.2) is 9.78 Å². The number of piperazine rings is 1. The van der Waals surface area contributed by atoms with E-state index >= 15 is 0 Å². The maximum Gasteiger partial charge on any atom is 0.317 e. The van der Waals surface area contributed by atoms with E-state index in [1.54, 1.807) is 0 Å². The van der Waals surface area contributed by atoms with Crippen LogP contribution in [0, 0.1) is 0 Å². The van der Waals surface area contributed by atoms with Crippen molar-refractivity contribution in [3.63, 3.8) is 0 Å². The summed E-state index contributed by atoms with van der Waals surface area (Å²) in [4.78, 5) is 32.2. The fraction of sp³-hybridized carbons (Fsp3) is 0.667. The average Bonchev–Trinajstić information content (AvgIpc) is 2.71. The molecule has 2 atom stereocenters. The molecule has 0 bridgehead atoms. The summed E-state index contributed by atoms with van der Waals surface area (Å²) in [5.74, 6) is 0.191. The van der Waals surface area contributed by atoms with Crippen LogP contribution in [-0.2, 0) is 17.6 Å². The Kier molecular flexibility index (Phi) is 7.30. The molecule has 0 radical (unpaired) electrons. The summed E-state index contributed by atoms with van der Waals surface area (Å²) in [5, 5.41) is 15.5. The predicted octanol–water partition coefficient (Wildman–Crippen LogP) is 1.95. The van der Waals surface area contributed by atoms with E-state index in [0.717, 1.165) is 50.2 Å². The van der Waals surface area contributed by atoms with Crippen molar-refractivity contribution < 1.29 is 14.7 Å². The molecule has 2 aliphatic heterocycles. The zero-order valence-corrected chi connectivity index (χ0v) is 17.5. The van der Waals surface area contributed by atoms with Gasteiger partial charge in [0.1, 0.15) is 5.82 Å². The molecule has 0 aromatic carbocycles. The van der Waals surface area contributed by atoms with Gasteiger partial charge in [-0.15, -0.1) is 0 Å². The maximum atomic E-state index is 12.6. The highest BCUT2D eigenvalue weighted by Gasteiger charge is 2.34. The number of carbonyl (C=O) groups excluding carboxylic acids is 1. The van der Waals surface area contributed by atoms with Crippen LogP contribution in [0.3, 0.4) is 0 Å². The highest BCUT2D eigenvalue weighted by Crippen LogP contribution is 2.20. The van der Waals surface area contributed by atoms with Crippen LogP contribution in [-0.4, -0.2) is 76.7 Å². The van der Waals surface area contributed by atoms with Crippen molar-refractivity contribution in [2.45, 2.75) is 58.0 Å². The topological polar surface area (TPSA) is 97.8 Å². The molecule has 2 unspecified atom stereocenters. The summed E-state index contributed by atoms with van der Waals surface area (Å²) < 4.78 is 0. The van der Waals surface area contributed by atoms with E-state index in [0.29, 0.717) is 19.6 Å². The zero-order chi connectivity index (χ0) is 20.8. The molecule has 1 saturated heterocycles. The van der Waals surface area contributed by atoms with Gasteiger partial charge in [0.25, 0.3) is 0 Å². The third-order valence-corrected chi connectivity index (χ3v) is 5.86. The Morgan fingerprint density at radius 1 is 1.34 bits per heavy atom. The van der Waals surface area contributed by atoms with Gasteiger partial charge in [-0.1, -0.05) is 13.0 Å². The quantitative estimate of drug-likeness (QED) is 0.602. The summed E-state index contributed by atoms with van der Waals surface area (Å²) in [6, 6.07) is 4.29. The number of nitrogens with zero attached hydrogens (tertiary/aromatic N) is 3.